The third-order valence-electron chi connectivity index (χ3n) is 1.60. The SMILES string of the molecule is O[C@H](CCl)C/N=C/c1ccc(Br)cc1. The summed E-state index contributed by atoms with van der Waals surface area (Å²) in [6.07, 6.45) is 1.17. The van der Waals surface area contributed by atoms with Crippen molar-refractivity contribution in [3.63, 3.8) is 0 Å². The number of hydrogen-bond donors (Lipinski definition) is 1. The fourth-order valence-electron chi connectivity index (χ4n) is 0.877. The molecule has 0 fully saturated rings. The van der Waals surface area contributed by atoms with Gasteiger partial charge in [-0.2, -0.15) is 0 Å². The van der Waals surface area contributed by atoms with E-state index in [-0.39, 0.29) is 5.88 Å². The molecule has 1 aromatic carbocycles. The molecule has 0 aliphatic heterocycles. The van der Waals surface area contributed by atoms with E-state index in [1.54, 1.807) is 6.21 Å². The topological polar surface area (TPSA) is 32.6 Å². The number of nitrogens with zero attached hydrogens (tertiary/aromatic N) is 1. The van der Waals surface area contributed by atoms with E-state index in [9.17, 15) is 0 Å². The van der Waals surface area contributed by atoms with Crippen LogP contribution in [0, 0.1) is 0 Å². The van der Waals surface area contributed by atoms with Crippen LogP contribution in [0.5, 0.6) is 0 Å². The Kier molecular flexibility index (Phi) is 5.15. The molecule has 0 bridgehead atoms. The van der Waals surface area contributed by atoms with Crippen molar-refractivity contribution in [1.29, 1.82) is 0 Å². The highest BCUT2D eigenvalue weighted by atomic mass is 79.9. The molecular formula is C10H11BrClNO. The largest absolute Gasteiger partial charge is 0.390 e. The van der Waals surface area contributed by atoms with Crippen LogP contribution in [0.4, 0.5) is 0 Å². The molecule has 0 saturated heterocycles. The highest BCUT2D eigenvalue weighted by molar-refractivity contribution is 9.10. The molecule has 0 heterocycles. The molecule has 2 nitrogen and oxygen atoms in total. The summed E-state index contributed by atoms with van der Waals surface area (Å²) in [6.45, 7) is 0.347. The van der Waals surface area contributed by atoms with Gasteiger partial charge in [0.15, 0.2) is 0 Å². The van der Waals surface area contributed by atoms with E-state index < -0.39 is 6.10 Å². The number of benzene rings is 1. The summed E-state index contributed by atoms with van der Waals surface area (Å²) in [4.78, 5) is 4.07. The minimum atomic E-state index is -0.552. The monoisotopic (exact) mass is 275 g/mol. The van der Waals surface area contributed by atoms with Crippen LogP contribution in [0.1, 0.15) is 5.56 Å². The van der Waals surface area contributed by atoms with Crippen molar-refractivity contribution in [2.24, 2.45) is 4.99 Å². The Bertz CT molecular complexity index is 299. The van der Waals surface area contributed by atoms with Crippen LogP contribution in [0.15, 0.2) is 33.7 Å². The molecule has 1 atom stereocenters. The van der Waals surface area contributed by atoms with E-state index in [0.29, 0.717) is 6.54 Å². The van der Waals surface area contributed by atoms with Gasteiger partial charge in [-0.05, 0) is 17.7 Å². The average molecular weight is 277 g/mol. The first-order chi connectivity index (χ1) is 6.72. The number of aliphatic imine (C=N–C) groups is 1. The van der Waals surface area contributed by atoms with Crippen molar-refractivity contribution in [2.45, 2.75) is 6.10 Å². The number of halogens is 2. The van der Waals surface area contributed by atoms with Gasteiger partial charge in [0.1, 0.15) is 0 Å². The maximum atomic E-state index is 9.13. The van der Waals surface area contributed by atoms with Crippen LogP contribution >= 0.6 is 27.5 Å². The standard InChI is InChI=1S/C10H11BrClNO/c11-9-3-1-8(2-4-9)6-13-7-10(14)5-12/h1-4,6,10,14H,5,7H2/b13-6+/t10-/m1/s1. The second-order valence-corrected chi connectivity index (χ2v) is 4.08. The highest BCUT2D eigenvalue weighted by Gasteiger charge is 1.97. The van der Waals surface area contributed by atoms with Gasteiger partial charge in [-0.3, -0.25) is 4.99 Å². The summed E-state index contributed by atoms with van der Waals surface area (Å²) in [5.74, 6) is 0.220. The molecule has 1 rings (SSSR count). The van der Waals surface area contributed by atoms with Crippen LogP contribution in [0.3, 0.4) is 0 Å². The summed E-state index contributed by atoms with van der Waals surface area (Å²) in [5, 5.41) is 9.13. The Labute approximate surface area is 96.8 Å². The summed E-state index contributed by atoms with van der Waals surface area (Å²) in [6, 6.07) is 7.78. The first-order valence-corrected chi connectivity index (χ1v) is 5.54. The lowest BCUT2D eigenvalue weighted by atomic mass is 10.2. The third kappa shape index (κ3) is 4.22. The van der Waals surface area contributed by atoms with Crippen molar-refractivity contribution in [2.75, 3.05) is 12.4 Å². The van der Waals surface area contributed by atoms with Crippen LogP contribution < -0.4 is 0 Å². The van der Waals surface area contributed by atoms with Gasteiger partial charge in [0.2, 0.25) is 0 Å². The first-order valence-electron chi connectivity index (χ1n) is 4.22. The molecular weight excluding hydrogens is 265 g/mol. The number of alkyl halides is 1. The number of hydrogen-bond acceptors (Lipinski definition) is 2. The van der Waals surface area contributed by atoms with Crippen LogP contribution in [-0.4, -0.2) is 29.8 Å². The molecule has 0 unspecified atom stereocenters. The second-order valence-electron chi connectivity index (χ2n) is 2.85. The van der Waals surface area contributed by atoms with E-state index in [2.05, 4.69) is 20.9 Å². The Morgan fingerprint density at radius 3 is 2.64 bits per heavy atom. The van der Waals surface area contributed by atoms with Crippen molar-refractivity contribution in [1.82, 2.24) is 0 Å². The molecule has 0 aromatic heterocycles. The van der Waals surface area contributed by atoms with E-state index in [4.69, 9.17) is 16.7 Å². The average Bonchev–Trinajstić information content (AvgIpc) is 2.21. The molecule has 0 saturated carbocycles. The van der Waals surface area contributed by atoms with Gasteiger partial charge in [0, 0.05) is 10.7 Å². The molecule has 76 valence electrons. The zero-order valence-electron chi connectivity index (χ0n) is 7.53. The Hall–Kier alpha value is -0.380. The maximum Gasteiger partial charge on any atom is 0.0870 e. The molecule has 1 aromatic rings. The van der Waals surface area contributed by atoms with Crippen molar-refractivity contribution in [3.05, 3.63) is 34.3 Å². The predicted octanol–water partition coefficient (Wildman–Crippen LogP) is 2.47. The maximum absolute atomic E-state index is 9.13. The van der Waals surface area contributed by atoms with Crippen LogP contribution in [-0.2, 0) is 0 Å². The molecule has 0 amide bonds. The van der Waals surface area contributed by atoms with Gasteiger partial charge in [0.05, 0.1) is 18.5 Å². The van der Waals surface area contributed by atoms with Gasteiger partial charge in [-0.25, -0.2) is 0 Å². The zero-order chi connectivity index (χ0) is 10.4. The Morgan fingerprint density at radius 2 is 2.07 bits per heavy atom. The molecule has 0 aliphatic rings. The van der Waals surface area contributed by atoms with Gasteiger partial charge in [-0.15, -0.1) is 11.6 Å². The van der Waals surface area contributed by atoms with Gasteiger partial charge < -0.3 is 5.11 Å². The van der Waals surface area contributed by atoms with Gasteiger partial charge >= 0.3 is 0 Å². The summed E-state index contributed by atoms with van der Waals surface area (Å²) in [7, 11) is 0. The normalized spacial score (nSPS) is 13.4. The van der Waals surface area contributed by atoms with Crippen LogP contribution in [0.25, 0.3) is 0 Å². The van der Waals surface area contributed by atoms with Crippen molar-refractivity contribution in [3.8, 4) is 0 Å². The summed E-state index contributed by atoms with van der Waals surface area (Å²) < 4.78 is 1.04. The summed E-state index contributed by atoms with van der Waals surface area (Å²) in [5.41, 5.74) is 1.01. The minimum Gasteiger partial charge on any atom is -0.390 e. The number of aliphatic hydroxyl groups is 1. The smallest absolute Gasteiger partial charge is 0.0870 e. The summed E-state index contributed by atoms with van der Waals surface area (Å²) >= 11 is 8.77. The first kappa shape index (κ1) is 11.7. The fraction of sp³-hybridized carbons (Fsp3) is 0.300. The minimum absolute atomic E-state index is 0.220. The lowest BCUT2D eigenvalue weighted by molar-refractivity contribution is 0.207. The molecule has 14 heavy (non-hydrogen) atoms. The second kappa shape index (κ2) is 6.17. The Morgan fingerprint density at radius 1 is 1.43 bits per heavy atom. The highest BCUT2D eigenvalue weighted by Crippen LogP contribution is 2.09. The van der Waals surface area contributed by atoms with Gasteiger partial charge in [-0.1, -0.05) is 28.1 Å². The number of aliphatic hydroxyl groups excluding tert-OH is 1. The predicted molar refractivity (Wildman–Crippen MR) is 63.3 cm³/mol. The third-order valence-corrected chi connectivity index (χ3v) is 2.49. The van der Waals surface area contributed by atoms with E-state index in [0.717, 1.165) is 10.0 Å². The van der Waals surface area contributed by atoms with Crippen LogP contribution in [0.2, 0.25) is 0 Å². The molecule has 1 N–H and O–H groups in total. The molecule has 4 heteroatoms. The van der Waals surface area contributed by atoms with E-state index in [1.807, 2.05) is 24.3 Å². The van der Waals surface area contributed by atoms with Crippen molar-refractivity contribution < 1.29 is 5.11 Å². The van der Waals surface area contributed by atoms with Gasteiger partial charge in [0.25, 0.3) is 0 Å². The fourth-order valence-corrected chi connectivity index (χ4v) is 1.24. The van der Waals surface area contributed by atoms with E-state index >= 15 is 0 Å². The van der Waals surface area contributed by atoms with Crippen molar-refractivity contribution >= 4 is 33.7 Å². The van der Waals surface area contributed by atoms with E-state index in [1.165, 1.54) is 0 Å². The lowest BCUT2D eigenvalue weighted by Crippen LogP contribution is -2.12. The molecule has 0 aliphatic carbocycles. The molecule has 0 radical (unpaired) electrons. The lowest BCUT2D eigenvalue weighted by Gasteiger charge is -2.00. The Balaban J connectivity index is 2.48. The number of rotatable bonds is 4. The zero-order valence-corrected chi connectivity index (χ0v) is 9.87. The quantitative estimate of drug-likeness (QED) is 0.665. The molecule has 0 spiro atoms.